The van der Waals surface area contributed by atoms with Gasteiger partial charge < -0.3 is 10.2 Å². The third kappa shape index (κ3) is 3.01. The average Bonchev–Trinajstić information content (AvgIpc) is 3.65. The zero-order chi connectivity index (χ0) is 26.0. The number of hydrogen-bond donors (Lipinski definition) is 1. The van der Waals surface area contributed by atoms with E-state index in [-0.39, 0.29) is 17.5 Å². The third-order valence-electron chi connectivity index (χ3n) is 8.19. The Kier molecular flexibility index (Phi) is 5.03. The number of Topliss-reactive ketones (excluding diaryl/α,β-unsaturated/α-hetero) is 2. The van der Waals surface area contributed by atoms with Gasteiger partial charge in [-0.2, -0.15) is 0 Å². The highest BCUT2D eigenvalue weighted by atomic mass is 32.1. The predicted octanol–water partition coefficient (Wildman–Crippen LogP) is 5.91. The summed E-state index contributed by atoms with van der Waals surface area (Å²) >= 11 is 1.36. The van der Waals surface area contributed by atoms with Gasteiger partial charge in [0.05, 0.1) is 16.8 Å². The van der Waals surface area contributed by atoms with E-state index < -0.39 is 23.4 Å². The molecule has 3 aliphatic heterocycles. The lowest BCUT2D eigenvalue weighted by Gasteiger charge is -2.37. The van der Waals surface area contributed by atoms with Gasteiger partial charge in [0.2, 0.25) is 5.91 Å². The van der Waals surface area contributed by atoms with Crippen LogP contribution in [0.4, 0.5) is 11.4 Å². The molecule has 1 N–H and O–H groups in total. The van der Waals surface area contributed by atoms with Gasteiger partial charge in [-0.3, -0.25) is 14.4 Å². The normalized spacial score (nSPS) is 24.6. The second-order valence-electron chi connectivity index (χ2n) is 10.1. The molecule has 6 heteroatoms. The van der Waals surface area contributed by atoms with Crippen LogP contribution in [0.15, 0.2) is 96.4 Å². The van der Waals surface area contributed by atoms with E-state index in [2.05, 4.69) is 5.32 Å². The lowest BCUT2D eigenvalue weighted by atomic mass is 9.64. The summed E-state index contributed by atoms with van der Waals surface area (Å²) < 4.78 is 0. The first kappa shape index (κ1) is 22.9. The zero-order valence-electron chi connectivity index (χ0n) is 20.6. The van der Waals surface area contributed by atoms with E-state index in [0.717, 1.165) is 22.4 Å². The molecular weight excluding hydrogens is 492 g/mol. The fraction of sp³-hybridized carbons (Fsp3) is 0.156. The number of anilines is 2. The molecule has 0 radical (unpaired) electrons. The molecule has 5 nitrogen and oxygen atoms in total. The highest BCUT2D eigenvalue weighted by molar-refractivity contribution is 7.12. The van der Waals surface area contributed by atoms with Crippen LogP contribution in [0.1, 0.15) is 36.7 Å². The molecule has 1 fully saturated rings. The summed E-state index contributed by atoms with van der Waals surface area (Å²) in [6.45, 7) is 1.97. The minimum Gasteiger partial charge on any atom is -0.352 e. The van der Waals surface area contributed by atoms with Crippen molar-refractivity contribution in [3.63, 3.8) is 0 Å². The maximum atomic E-state index is 14.6. The van der Waals surface area contributed by atoms with Gasteiger partial charge in [0.25, 0.3) is 0 Å². The molecule has 3 aliphatic rings. The lowest BCUT2D eigenvalue weighted by Crippen LogP contribution is -2.51. The van der Waals surface area contributed by atoms with Crippen molar-refractivity contribution in [1.29, 1.82) is 0 Å². The third-order valence-corrected chi connectivity index (χ3v) is 9.08. The number of ketones is 2. The molecule has 0 aliphatic carbocycles. The molecule has 1 spiro atoms. The number of carbonyl (C=O) groups excluding carboxylic acids is 3. The van der Waals surface area contributed by atoms with Crippen molar-refractivity contribution in [2.24, 2.45) is 5.92 Å². The second kappa shape index (κ2) is 8.36. The fourth-order valence-electron chi connectivity index (χ4n) is 6.58. The number of benzene rings is 3. The summed E-state index contributed by atoms with van der Waals surface area (Å²) in [6.07, 6.45) is 4.01. The van der Waals surface area contributed by atoms with Gasteiger partial charge in [0.15, 0.2) is 11.6 Å². The van der Waals surface area contributed by atoms with E-state index in [1.165, 1.54) is 11.3 Å². The molecule has 0 bridgehead atoms. The summed E-state index contributed by atoms with van der Waals surface area (Å²) in [4.78, 5) is 45.9. The summed E-state index contributed by atoms with van der Waals surface area (Å²) in [5, 5.41) is 4.94. The molecule has 186 valence electrons. The molecule has 1 saturated heterocycles. The second-order valence-corrected chi connectivity index (χ2v) is 11.1. The molecule has 0 saturated carbocycles. The largest absolute Gasteiger partial charge is 0.352 e. The number of thiophene rings is 1. The van der Waals surface area contributed by atoms with Crippen molar-refractivity contribution in [2.45, 2.75) is 24.4 Å². The van der Waals surface area contributed by atoms with Crippen LogP contribution in [0.2, 0.25) is 0 Å². The summed E-state index contributed by atoms with van der Waals surface area (Å²) in [6, 6.07) is 25.1. The van der Waals surface area contributed by atoms with Crippen molar-refractivity contribution in [2.75, 3.05) is 10.2 Å². The van der Waals surface area contributed by atoms with Crippen LogP contribution in [-0.4, -0.2) is 29.6 Å². The first-order chi connectivity index (χ1) is 18.5. The standard InChI is InChI=1S/C32H24N2O3S/c1-19-12-14-21(15-13-19)29(35)27-28(30(36)25-11-6-18-38-25)34-24-10-5-2-7-20(24)16-17-26(34)32(27)22-8-3-4-9-23(22)33-31(32)37/h2-18,26-28H,1H3,(H,33,37)/t26-,27+,28-,32-/m1/s1. The number of para-hydroxylation sites is 2. The number of nitrogens with zero attached hydrogens (tertiary/aromatic N) is 1. The van der Waals surface area contributed by atoms with Gasteiger partial charge in [-0.15, -0.1) is 11.3 Å². The Hall–Kier alpha value is -4.29. The average molecular weight is 517 g/mol. The Labute approximate surface area is 224 Å². The molecule has 4 heterocycles. The van der Waals surface area contributed by atoms with Crippen molar-refractivity contribution >= 4 is 46.3 Å². The molecule has 1 amide bonds. The molecule has 4 atom stereocenters. The van der Waals surface area contributed by atoms with Crippen LogP contribution in [0.5, 0.6) is 0 Å². The highest BCUT2D eigenvalue weighted by Crippen LogP contribution is 2.58. The van der Waals surface area contributed by atoms with E-state index in [1.54, 1.807) is 18.2 Å². The molecule has 0 unspecified atom stereocenters. The van der Waals surface area contributed by atoms with E-state index >= 15 is 0 Å². The Morgan fingerprint density at radius 3 is 2.45 bits per heavy atom. The number of aryl methyl sites for hydroxylation is 1. The number of hydrogen-bond acceptors (Lipinski definition) is 5. The molecule has 4 aromatic rings. The zero-order valence-corrected chi connectivity index (χ0v) is 21.4. The van der Waals surface area contributed by atoms with Gasteiger partial charge in [0, 0.05) is 16.9 Å². The number of amides is 1. The number of nitrogens with one attached hydrogen (secondary N) is 1. The molecule has 38 heavy (non-hydrogen) atoms. The van der Waals surface area contributed by atoms with E-state index in [0.29, 0.717) is 16.1 Å². The van der Waals surface area contributed by atoms with Crippen LogP contribution >= 0.6 is 11.3 Å². The Bertz CT molecular complexity index is 1640. The van der Waals surface area contributed by atoms with Crippen LogP contribution in [0.3, 0.4) is 0 Å². The van der Waals surface area contributed by atoms with Gasteiger partial charge in [-0.1, -0.05) is 84.4 Å². The molecule has 1 aromatic heterocycles. The number of rotatable bonds is 4. The SMILES string of the molecule is Cc1ccc(C(=O)[C@@H]2[C@H](C(=O)c3cccs3)N3c4ccccc4C=C[C@@H]3[C@@]23C(=O)Nc2ccccc23)cc1. The fourth-order valence-corrected chi connectivity index (χ4v) is 7.28. The summed E-state index contributed by atoms with van der Waals surface area (Å²) in [7, 11) is 0. The van der Waals surface area contributed by atoms with E-state index in [1.807, 2.05) is 96.1 Å². The topological polar surface area (TPSA) is 66.5 Å². The minimum absolute atomic E-state index is 0.144. The monoisotopic (exact) mass is 516 g/mol. The van der Waals surface area contributed by atoms with Crippen LogP contribution in [-0.2, 0) is 10.2 Å². The number of carbonyl (C=O) groups is 3. The molecule has 3 aromatic carbocycles. The Morgan fingerprint density at radius 1 is 0.895 bits per heavy atom. The lowest BCUT2D eigenvalue weighted by molar-refractivity contribution is -0.121. The molecule has 7 rings (SSSR count). The van der Waals surface area contributed by atoms with Crippen LogP contribution < -0.4 is 10.2 Å². The Morgan fingerprint density at radius 2 is 1.66 bits per heavy atom. The predicted molar refractivity (Wildman–Crippen MR) is 150 cm³/mol. The van der Waals surface area contributed by atoms with Crippen molar-refractivity contribution in [3.05, 3.63) is 124 Å². The minimum atomic E-state index is -1.28. The van der Waals surface area contributed by atoms with Gasteiger partial charge in [-0.05, 0) is 41.6 Å². The van der Waals surface area contributed by atoms with Gasteiger partial charge in [-0.25, -0.2) is 0 Å². The quantitative estimate of drug-likeness (QED) is 0.343. The van der Waals surface area contributed by atoms with Gasteiger partial charge >= 0.3 is 0 Å². The smallest absolute Gasteiger partial charge is 0.238 e. The van der Waals surface area contributed by atoms with Crippen LogP contribution in [0.25, 0.3) is 6.08 Å². The number of fused-ring (bicyclic) bond motifs is 6. The maximum absolute atomic E-state index is 14.6. The maximum Gasteiger partial charge on any atom is 0.238 e. The van der Waals surface area contributed by atoms with E-state index in [9.17, 15) is 14.4 Å². The summed E-state index contributed by atoms with van der Waals surface area (Å²) in [5.74, 6) is -1.53. The summed E-state index contributed by atoms with van der Waals surface area (Å²) in [5.41, 5.74) is 3.51. The molecular formula is C32H24N2O3S. The first-order valence-electron chi connectivity index (χ1n) is 12.7. The highest BCUT2D eigenvalue weighted by Gasteiger charge is 2.70. The van der Waals surface area contributed by atoms with Crippen molar-refractivity contribution < 1.29 is 14.4 Å². The van der Waals surface area contributed by atoms with Crippen LogP contribution in [0, 0.1) is 12.8 Å². The van der Waals surface area contributed by atoms with E-state index in [4.69, 9.17) is 0 Å². The first-order valence-corrected chi connectivity index (χ1v) is 13.5. The Balaban J connectivity index is 1.54. The van der Waals surface area contributed by atoms with Crippen molar-refractivity contribution in [1.82, 2.24) is 0 Å². The van der Waals surface area contributed by atoms with Gasteiger partial charge in [0.1, 0.15) is 11.5 Å². The van der Waals surface area contributed by atoms with Crippen molar-refractivity contribution in [3.8, 4) is 0 Å².